The van der Waals surface area contributed by atoms with Crippen molar-refractivity contribution in [2.75, 3.05) is 0 Å². The number of sulfonamides is 2. The highest BCUT2D eigenvalue weighted by Crippen LogP contribution is 2.18. The van der Waals surface area contributed by atoms with Gasteiger partial charge in [-0.2, -0.15) is 0 Å². The van der Waals surface area contributed by atoms with Crippen LogP contribution in [0.5, 0.6) is 0 Å². The van der Waals surface area contributed by atoms with E-state index in [2.05, 4.69) is 0 Å². The number of aryl methyl sites for hydroxylation is 4. The van der Waals surface area contributed by atoms with E-state index in [0.29, 0.717) is 11.1 Å². The molecule has 0 atom stereocenters. The monoisotopic (exact) mass is 368 g/mol. The minimum Gasteiger partial charge on any atom is -0.206 e. The summed E-state index contributed by atoms with van der Waals surface area (Å²) in [5, 5.41) is 0. The van der Waals surface area contributed by atoms with Crippen molar-refractivity contribution in [1.29, 1.82) is 0 Å². The van der Waals surface area contributed by atoms with Crippen molar-refractivity contribution < 1.29 is 16.8 Å². The van der Waals surface area contributed by atoms with E-state index >= 15 is 0 Å². The Balaban J connectivity index is 2.32. The Hall–Kier alpha value is -1.74. The molecule has 0 radical (unpaired) electrons. The SMILES string of the molecule is Cc1ccc(C)c(S(=O)(=O)NNS(=O)(=O)c2cc(C)ccc2C)c1. The van der Waals surface area contributed by atoms with Gasteiger partial charge in [0.2, 0.25) is 0 Å². The maximum absolute atomic E-state index is 12.4. The first-order chi connectivity index (χ1) is 11.0. The third-order valence-electron chi connectivity index (χ3n) is 3.58. The first-order valence-electron chi connectivity index (χ1n) is 7.21. The van der Waals surface area contributed by atoms with Crippen LogP contribution in [0.4, 0.5) is 0 Å². The summed E-state index contributed by atoms with van der Waals surface area (Å²) in [5.41, 5.74) is 2.58. The fourth-order valence-electron chi connectivity index (χ4n) is 2.21. The highest BCUT2D eigenvalue weighted by Gasteiger charge is 2.22. The quantitative estimate of drug-likeness (QED) is 0.791. The lowest BCUT2D eigenvalue weighted by Gasteiger charge is -2.13. The number of hydrazine groups is 1. The van der Waals surface area contributed by atoms with Gasteiger partial charge in [-0.05, 0) is 62.1 Å². The van der Waals surface area contributed by atoms with Crippen molar-refractivity contribution in [2.45, 2.75) is 37.5 Å². The average Bonchev–Trinajstić information content (AvgIpc) is 2.50. The van der Waals surface area contributed by atoms with Gasteiger partial charge in [0.1, 0.15) is 0 Å². The van der Waals surface area contributed by atoms with Crippen molar-refractivity contribution in [3.63, 3.8) is 0 Å². The Bertz CT molecular complexity index is 900. The molecule has 2 aromatic rings. The van der Waals surface area contributed by atoms with Crippen molar-refractivity contribution >= 4 is 20.0 Å². The van der Waals surface area contributed by atoms with Gasteiger partial charge in [0.05, 0.1) is 9.79 Å². The standard InChI is InChI=1S/C16H20N2O4S2/c1-11-5-7-13(3)15(9-11)23(19,20)17-18-24(21,22)16-10-12(2)6-8-14(16)4/h5-10,17-18H,1-4H3. The van der Waals surface area contributed by atoms with E-state index in [9.17, 15) is 16.8 Å². The molecular formula is C16H20N2O4S2. The van der Waals surface area contributed by atoms with E-state index in [1.807, 2.05) is 9.66 Å². The number of rotatable bonds is 5. The number of hydrogen-bond acceptors (Lipinski definition) is 4. The van der Waals surface area contributed by atoms with E-state index in [0.717, 1.165) is 11.1 Å². The second-order valence-electron chi connectivity index (χ2n) is 5.75. The van der Waals surface area contributed by atoms with Crippen LogP contribution >= 0.6 is 0 Å². The summed E-state index contributed by atoms with van der Waals surface area (Å²) in [4.78, 5) is 3.99. The number of benzene rings is 2. The fraction of sp³-hybridized carbons (Fsp3) is 0.250. The molecule has 0 saturated carbocycles. The molecule has 2 N–H and O–H groups in total. The molecule has 0 heterocycles. The van der Waals surface area contributed by atoms with Crippen LogP contribution in [-0.4, -0.2) is 16.8 Å². The van der Waals surface area contributed by atoms with E-state index in [1.54, 1.807) is 52.0 Å². The first-order valence-corrected chi connectivity index (χ1v) is 10.2. The molecule has 0 saturated heterocycles. The first kappa shape index (κ1) is 18.6. The van der Waals surface area contributed by atoms with E-state index in [1.165, 1.54) is 12.1 Å². The van der Waals surface area contributed by atoms with Gasteiger partial charge in [0.25, 0.3) is 20.0 Å². The van der Waals surface area contributed by atoms with Crippen molar-refractivity contribution in [3.8, 4) is 0 Å². The summed E-state index contributed by atoms with van der Waals surface area (Å²) in [6.07, 6.45) is 0. The van der Waals surface area contributed by atoms with Gasteiger partial charge in [-0.3, -0.25) is 0 Å². The molecule has 0 unspecified atom stereocenters. The Morgan fingerprint density at radius 2 is 0.958 bits per heavy atom. The molecular weight excluding hydrogens is 348 g/mol. The van der Waals surface area contributed by atoms with Gasteiger partial charge in [-0.25, -0.2) is 16.8 Å². The Morgan fingerprint density at radius 3 is 1.29 bits per heavy atom. The zero-order chi connectivity index (χ0) is 18.1. The molecule has 130 valence electrons. The van der Waals surface area contributed by atoms with E-state index in [4.69, 9.17) is 0 Å². The molecule has 0 aromatic heterocycles. The highest BCUT2D eigenvalue weighted by molar-refractivity contribution is 7.92. The lowest BCUT2D eigenvalue weighted by atomic mass is 10.2. The minimum atomic E-state index is -4.02. The second-order valence-corrected chi connectivity index (χ2v) is 9.05. The summed E-state index contributed by atoms with van der Waals surface area (Å²) in [6.45, 7) is 6.82. The van der Waals surface area contributed by atoms with Crippen LogP contribution in [-0.2, 0) is 20.0 Å². The van der Waals surface area contributed by atoms with Crippen LogP contribution in [0.1, 0.15) is 22.3 Å². The van der Waals surface area contributed by atoms with Crippen LogP contribution in [0.15, 0.2) is 46.2 Å². The topological polar surface area (TPSA) is 92.3 Å². The zero-order valence-electron chi connectivity index (χ0n) is 13.9. The largest absolute Gasteiger partial charge is 0.254 e. The van der Waals surface area contributed by atoms with Gasteiger partial charge >= 0.3 is 0 Å². The second kappa shape index (κ2) is 6.64. The molecule has 2 rings (SSSR count). The third-order valence-corrected chi connectivity index (χ3v) is 6.49. The molecule has 0 aliphatic carbocycles. The molecule has 0 spiro atoms. The predicted molar refractivity (Wildman–Crippen MR) is 92.5 cm³/mol. The van der Waals surface area contributed by atoms with Crippen LogP contribution in [0.3, 0.4) is 0 Å². The maximum atomic E-state index is 12.4. The highest BCUT2D eigenvalue weighted by atomic mass is 32.2. The lowest BCUT2D eigenvalue weighted by Crippen LogP contribution is -2.41. The van der Waals surface area contributed by atoms with Crippen LogP contribution in [0.2, 0.25) is 0 Å². The van der Waals surface area contributed by atoms with E-state index in [-0.39, 0.29) is 9.79 Å². The van der Waals surface area contributed by atoms with Gasteiger partial charge in [-0.1, -0.05) is 24.3 Å². The molecule has 24 heavy (non-hydrogen) atoms. The Kier molecular flexibility index (Phi) is 5.14. The normalized spacial score (nSPS) is 12.3. The maximum Gasteiger partial charge on any atom is 0.254 e. The van der Waals surface area contributed by atoms with Crippen LogP contribution in [0.25, 0.3) is 0 Å². The molecule has 0 bridgehead atoms. The van der Waals surface area contributed by atoms with Gasteiger partial charge in [0.15, 0.2) is 0 Å². The van der Waals surface area contributed by atoms with Gasteiger partial charge < -0.3 is 0 Å². The lowest BCUT2D eigenvalue weighted by molar-refractivity contribution is 0.557. The fourth-order valence-corrected chi connectivity index (χ4v) is 4.98. The van der Waals surface area contributed by atoms with Gasteiger partial charge in [0, 0.05) is 0 Å². The smallest absolute Gasteiger partial charge is 0.206 e. The summed E-state index contributed by atoms with van der Waals surface area (Å²) in [5.74, 6) is 0. The average molecular weight is 368 g/mol. The molecule has 8 heteroatoms. The summed E-state index contributed by atoms with van der Waals surface area (Å²) in [6, 6.07) is 9.89. The summed E-state index contributed by atoms with van der Waals surface area (Å²) < 4.78 is 49.6. The molecule has 2 aromatic carbocycles. The van der Waals surface area contributed by atoms with Crippen molar-refractivity contribution in [2.24, 2.45) is 0 Å². The van der Waals surface area contributed by atoms with Crippen molar-refractivity contribution in [1.82, 2.24) is 9.66 Å². The predicted octanol–water partition coefficient (Wildman–Crippen LogP) is 2.09. The third kappa shape index (κ3) is 4.02. The van der Waals surface area contributed by atoms with Crippen LogP contribution < -0.4 is 9.66 Å². The van der Waals surface area contributed by atoms with Gasteiger partial charge in [-0.15, -0.1) is 9.66 Å². The Morgan fingerprint density at radius 1 is 0.625 bits per heavy atom. The molecule has 0 amide bonds. The number of hydrogen-bond donors (Lipinski definition) is 2. The summed E-state index contributed by atoms with van der Waals surface area (Å²) >= 11 is 0. The zero-order valence-corrected chi connectivity index (χ0v) is 15.5. The molecule has 6 nitrogen and oxygen atoms in total. The van der Waals surface area contributed by atoms with Crippen LogP contribution in [0, 0.1) is 27.7 Å². The molecule has 0 fully saturated rings. The minimum absolute atomic E-state index is 0.0335. The Labute approximate surface area is 143 Å². The summed E-state index contributed by atoms with van der Waals surface area (Å²) in [7, 11) is -8.04. The molecule has 0 aliphatic rings. The number of nitrogens with one attached hydrogen (secondary N) is 2. The van der Waals surface area contributed by atoms with E-state index < -0.39 is 20.0 Å². The van der Waals surface area contributed by atoms with Crippen molar-refractivity contribution in [3.05, 3.63) is 58.7 Å². The molecule has 0 aliphatic heterocycles.